The fraction of sp³-hybridized carbons (Fsp3) is 0.409. The maximum atomic E-state index is 7.89. The van der Waals surface area contributed by atoms with Crippen LogP contribution >= 0.6 is 0 Å². The summed E-state index contributed by atoms with van der Waals surface area (Å²) in [6, 6.07) is 0. The SMILES string of the molecule is CCC/C=C(C1=C(c2c(C)cnc(N)c2C=N)CCCCC1)\C(C=N)=C\N. The Morgan fingerprint density at radius 3 is 2.59 bits per heavy atom. The molecule has 0 spiro atoms. The third kappa shape index (κ3) is 4.54. The normalized spacial score (nSPS) is 16.2. The van der Waals surface area contributed by atoms with Gasteiger partial charge in [0.1, 0.15) is 5.82 Å². The van der Waals surface area contributed by atoms with Crippen molar-refractivity contribution in [1.82, 2.24) is 4.98 Å². The zero-order chi connectivity index (χ0) is 19.8. The fourth-order valence-corrected chi connectivity index (χ4v) is 3.76. The van der Waals surface area contributed by atoms with E-state index >= 15 is 0 Å². The molecule has 0 radical (unpaired) electrons. The van der Waals surface area contributed by atoms with E-state index in [4.69, 9.17) is 22.3 Å². The predicted molar refractivity (Wildman–Crippen MR) is 115 cm³/mol. The Hall–Kier alpha value is -2.69. The van der Waals surface area contributed by atoms with E-state index in [1.165, 1.54) is 36.2 Å². The monoisotopic (exact) mass is 365 g/mol. The predicted octanol–water partition coefficient (Wildman–Crippen LogP) is 4.91. The zero-order valence-electron chi connectivity index (χ0n) is 16.4. The van der Waals surface area contributed by atoms with Gasteiger partial charge < -0.3 is 22.3 Å². The van der Waals surface area contributed by atoms with Gasteiger partial charge in [0.05, 0.1) is 0 Å². The van der Waals surface area contributed by atoms with Crippen molar-refractivity contribution in [2.45, 2.75) is 58.8 Å². The Kier molecular flexibility index (Phi) is 7.53. The number of nitrogens with two attached hydrogens (primary N) is 2. The molecule has 5 nitrogen and oxygen atoms in total. The highest BCUT2D eigenvalue weighted by atomic mass is 14.8. The highest BCUT2D eigenvalue weighted by molar-refractivity contribution is 5.95. The molecule has 6 N–H and O–H groups in total. The lowest BCUT2D eigenvalue weighted by Gasteiger charge is -2.21. The number of anilines is 1. The van der Waals surface area contributed by atoms with E-state index in [1.54, 1.807) is 6.20 Å². The number of nitrogens with zero attached hydrogens (tertiary/aromatic N) is 1. The molecule has 0 aliphatic heterocycles. The van der Waals surface area contributed by atoms with Gasteiger partial charge in [-0.3, -0.25) is 0 Å². The van der Waals surface area contributed by atoms with Crippen LogP contribution in [-0.4, -0.2) is 17.4 Å². The van der Waals surface area contributed by atoms with Crippen molar-refractivity contribution in [3.8, 4) is 0 Å². The summed E-state index contributed by atoms with van der Waals surface area (Å²) in [5, 5.41) is 15.7. The molecule has 0 saturated heterocycles. The van der Waals surface area contributed by atoms with Crippen molar-refractivity contribution in [1.29, 1.82) is 10.8 Å². The van der Waals surface area contributed by atoms with Crippen molar-refractivity contribution in [3.63, 3.8) is 0 Å². The van der Waals surface area contributed by atoms with E-state index in [9.17, 15) is 0 Å². The van der Waals surface area contributed by atoms with Crippen molar-refractivity contribution in [3.05, 3.63) is 51.9 Å². The second kappa shape index (κ2) is 9.86. The minimum Gasteiger partial charge on any atom is -0.404 e. The van der Waals surface area contributed by atoms with Gasteiger partial charge in [-0.2, -0.15) is 0 Å². The quantitative estimate of drug-likeness (QED) is 0.407. The summed E-state index contributed by atoms with van der Waals surface area (Å²) >= 11 is 0. The molecular weight excluding hydrogens is 334 g/mol. The third-order valence-electron chi connectivity index (χ3n) is 5.11. The third-order valence-corrected chi connectivity index (χ3v) is 5.11. The molecule has 0 aromatic carbocycles. The lowest BCUT2D eigenvalue weighted by Crippen LogP contribution is -2.07. The van der Waals surface area contributed by atoms with Crippen molar-refractivity contribution in [2.75, 3.05) is 5.73 Å². The second-order valence-corrected chi connectivity index (χ2v) is 6.95. The standard InChI is InChI=1S/C22H31N5/c1-3-4-8-17(16(11-23)12-24)18-9-6-5-7-10-19(18)21-15(2)14-27-22(26)20(21)13-25/h8,11-14,23,25H,3-7,9-10,24H2,1-2H3,(H2,26,27)/b16-12+,17-8+,23-11?,25-13?. The smallest absolute Gasteiger partial charge is 0.132 e. The number of pyridine rings is 1. The number of hydrogen-bond acceptors (Lipinski definition) is 5. The summed E-state index contributed by atoms with van der Waals surface area (Å²) in [4.78, 5) is 4.24. The molecule has 0 unspecified atom stereocenters. The summed E-state index contributed by atoms with van der Waals surface area (Å²) in [6.45, 7) is 4.17. The van der Waals surface area contributed by atoms with Gasteiger partial charge in [0.15, 0.2) is 0 Å². The molecule has 1 aromatic heterocycles. The Morgan fingerprint density at radius 1 is 1.22 bits per heavy atom. The largest absolute Gasteiger partial charge is 0.404 e. The number of hydrogen-bond donors (Lipinski definition) is 4. The molecule has 2 rings (SSSR count). The Balaban J connectivity index is 2.82. The molecule has 1 aliphatic rings. The highest BCUT2D eigenvalue weighted by Crippen LogP contribution is 2.40. The van der Waals surface area contributed by atoms with E-state index in [0.717, 1.165) is 60.8 Å². The Bertz CT molecular complexity index is 799. The van der Waals surface area contributed by atoms with Crippen LogP contribution in [0.5, 0.6) is 0 Å². The first-order valence-corrected chi connectivity index (χ1v) is 9.70. The summed E-state index contributed by atoms with van der Waals surface area (Å²) in [6.07, 6.45) is 15.4. The summed E-state index contributed by atoms with van der Waals surface area (Å²) in [5.74, 6) is 0.391. The van der Waals surface area contributed by atoms with Crippen LogP contribution in [0.3, 0.4) is 0 Å². The van der Waals surface area contributed by atoms with E-state index in [-0.39, 0.29) is 0 Å². The van der Waals surface area contributed by atoms with Crippen molar-refractivity contribution < 1.29 is 0 Å². The number of nitrogens with one attached hydrogen (secondary N) is 2. The van der Waals surface area contributed by atoms with Crippen LogP contribution in [0.1, 0.15) is 68.6 Å². The summed E-state index contributed by atoms with van der Waals surface area (Å²) < 4.78 is 0. The number of unbranched alkanes of at least 4 members (excludes halogenated alkanes) is 1. The van der Waals surface area contributed by atoms with Gasteiger partial charge in [-0.25, -0.2) is 4.98 Å². The van der Waals surface area contributed by atoms with Crippen LogP contribution in [0.25, 0.3) is 5.57 Å². The van der Waals surface area contributed by atoms with Gasteiger partial charge in [0, 0.05) is 36.0 Å². The minimum absolute atomic E-state index is 0.391. The maximum Gasteiger partial charge on any atom is 0.132 e. The molecule has 27 heavy (non-hydrogen) atoms. The van der Waals surface area contributed by atoms with Crippen LogP contribution in [0, 0.1) is 17.7 Å². The van der Waals surface area contributed by atoms with Gasteiger partial charge in [-0.1, -0.05) is 25.8 Å². The molecule has 0 amide bonds. The van der Waals surface area contributed by atoms with Crippen LogP contribution < -0.4 is 11.5 Å². The Labute approximate surface area is 162 Å². The maximum absolute atomic E-state index is 7.89. The van der Waals surface area contributed by atoms with Crippen LogP contribution in [0.4, 0.5) is 5.82 Å². The molecule has 1 aromatic rings. The van der Waals surface area contributed by atoms with Gasteiger partial charge in [0.25, 0.3) is 0 Å². The van der Waals surface area contributed by atoms with Crippen LogP contribution in [0.2, 0.25) is 0 Å². The molecule has 0 fully saturated rings. The molecule has 1 heterocycles. The average Bonchev–Trinajstić information content (AvgIpc) is 2.92. The molecule has 1 aliphatic carbocycles. The van der Waals surface area contributed by atoms with Crippen molar-refractivity contribution in [2.24, 2.45) is 5.73 Å². The van der Waals surface area contributed by atoms with E-state index < -0.39 is 0 Å². The van der Waals surface area contributed by atoms with Crippen LogP contribution in [0.15, 0.2) is 35.2 Å². The molecule has 0 atom stereocenters. The number of nitrogen functional groups attached to an aromatic ring is 1. The molecule has 0 bridgehead atoms. The highest BCUT2D eigenvalue weighted by Gasteiger charge is 2.22. The molecule has 0 saturated carbocycles. The van der Waals surface area contributed by atoms with E-state index in [0.29, 0.717) is 11.4 Å². The zero-order valence-corrected chi connectivity index (χ0v) is 16.4. The second-order valence-electron chi connectivity index (χ2n) is 6.95. The first-order valence-electron chi connectivity index (χ1n) is 9.70. The number of rotatable bonds is 7. The van der Waals surface area contributed by atoms with Gasteiger partial charge in [-0.05, 0) is 66.9 Å². The van der Waals surface area contributed by atoms with E-state index in [1.807, 2.05) is 6.92 Å². The molecular formula is C22H31N5. The van der Waals surface area contributed by atoms with E-state index in [2.05, 4.69) is 18.0 Å². The first kappa shape index (κ1) is 20.6. The topological polar surface area (TPSA) is 113 Å². The minimum atomic E-state index is 0.391. The molecule has 5 heteroatoms. The van der Waals surface area contributed by atoms with Gasteiger partial charge in [-0.15, -0.1) is 0 Å². The number of aryl methyl sites for hydroxylation is 1. The van der Waals surface area contributed by atoms with Crippen LogP contribution in [-0.2, 0) is 0 Å². The Morgan fingerprint density at radius 2 is 1.96 bits per heavy atom. The first-order chi connectivity index (χ1) is 13.1. The fourth-order valence-electron chi connectivity index (χ4n) is 3.76. The van der Waals surface area contributed by atoms with Crippen molar-refractivity contribution >= 4 is 23.8 Å². The molecule has 144 valence electrons. The average molecular weight is 366 g/mol. The lowest BCUT2D eigenvalue weighted by molar-refractivity contribution is 0.714. The van der Waals surface area contributed by atoms with Gasteiger partial charge in [0.2, 0.25) is 0 Å². The summed E-state index contributed by atoms with van der Waals surface area (Å²) in [7, 11) is 0. The number of allylic oxidation sites excluding steroid dienone is 5. The van der Waals surface area contributed by atoms with Gasteiger partial charge >= 0.3 is 0 Å². The lowest BCUT2D eigenvalue weighted by atomic mass is 9.84. The summed E-state index contributed by atoms with van der Waals surface area (Å²) in [5.41, 5.74) is 18.9. The number of aromatic nitrogens is 1.